The Morgan fingerprint density at radius 2 is 1.74 bits per heavy atom. The molecule has 230 valence electrons. The zero-order valence-electron chi connectivity index (χ0n) is 23.9. The molecule has 1 aliphatic heterocycles. The predicted octanol–water partition coefficient (Wildman–Crippen LogP) is -1.75. The number of ether oxygens (including phenoxy) is 1. The Labute approximate surface area is 243 Å². The van der Waals surface area contributed by atoms with Gasteiger partial charge >= 0.3 is 11.9 Å². The maximum atomic E-state index is 13.8. The molecule has 1 saturated heterocycles. The van der Waals surface area contributed by atoms with Crippen LogP contribution in [0.4, 0.5) is 0 Å². The third-order valence-corrected chi connectivity index (χ3v) is 6.46. The second-order valence-corrected chi connectivity index (χ2v) is 10.2. The summed E-state index contributed by atoms with van der Waals surface area (Å²) in [4.78, 5) is 82.5. The zero-order valence-corrected chi connectivity index (χ0v) is 23.9. The van der Waals surface area contributed by atoms with E-state index < -0.39 is 78.7 Å². The summed E-state index contributed by atoms with van der Waals surface area (Å²) in [6, 6.07) is 4.79. The van der Waals surface area contributed by atoms with Gasteiger partial charge in [-0.05, 0) is 24.3 Å². The van der Waals surface area contributed by atoms with E-state index in [-0.39, 0.29) is 25.3 Å². The average molecular weight is 590 g/mol. The Hall–Kier alpha value is -4.69. The quantitative estimate of drug-likeness (QED) is 0.0822. The lowest BCUT2D eigenvalue weighted by molar-refractivity contribution is -0.165. The van der Waals surface area contributed by atoms with E-state index in [1.807, 2.05) is 0 Å². The molecular formula is C27H39N7O8. The Bertz CT molecular complexity index is 1170. The van der Waals surface area contributed by atoms with Crippen LogP contribution in [0.3, 0.4) is 0 Å². The molecule has 0 saturated carbocycles. The SMILES string of the molecule is CC(C)[C@H]1C(=O)N[C@@H](CCCN=C(N)N)C(=O)NCC(=O)N[C@@H](CC(=O)O)C(=O)O[C@H](Cc2ccccc2)C(=O)N1C. The molecule has 2 rings (SSSR count). The highest BCUT2D eigenvalue weighted by Crippen LogP contribution is 2.17. The van der Waals surface area contributed by atoms with Gasteiger partial charge in [-0.1, -0.05) is 44.2 Å². The molecule has 0 bridgehead atoms. The summed E-state index contributed by atoms with van der Waals surface area (Å²) < 4.78 is 5.51. The standard InChI is InChI=1S/C27H39N7O8/c1-15(2)22-24(39)33-17(10-7-11-30-27(28)29)23(38)31-14-20(35)32-18(13-21(36)37)26(41)42-19(25(40)34(22)3)12-16-8-5-4-6-9-16/h4-6,8-9,15,17-19,22H,7,10-14H2,1-3H3,(H,31,38)(H,32,35)(H,33,39)(H,36,37)(H4,28,29,30)/t17-,18-,19+,22-/m0/s1. The fourth-order valence-electron chi connectivity index (χ4n) is 4.45. The Kier molecular flexibility index (Phi) is 12.7. The third-order valence-electron chi connectivity index (χ3n) is 6.46. The van der Waals surface area contributed by atoms with Crippen molar-refractivity contribution in [2.75, 3.05) is 20.1 Å². The van der Waals surface area contributed by atoms with Crippen molar-refractivity contribution < 1.29 is 38.6 Å². The number of carbonyl (C=O) groups excluding carboxylic acids is 5. The van der Waals surface area contributed by atoms with Gasteiger partial charge in [0.05, 0.1) is 13.0 Å². The van der Waals surface area contributed by atoms with Crippen molar-refractivity contribution in [1.29, 1.82) is 0 Å². The molecule has 42 heavy (non-hydrogen) atoms. The monoisotopic (exact) mass is 589 g/mol. The fourth-order valence-corrected chi connectivity index (χ4v) is 4.45. The van der Waals surface area contributed by atoms with E-state index in [1.54, 1.807) is 44.2 Å². The second kappa shape index (κ2) is 15.9. The molecule has 0 unspecified atom stereocenters. The number of hydrogen-bond donors (Lipinski definition) is 6. The van der Waals surface area contributed by atoms with Crippen LogP contribution in [0.5, 0.6) is 0 Å². The van der Waals surface area contributed by atoms with Gasteiger partial charge in [-0.2, -0.15) is 0 Å². The first-order valence-electron chi connectivity index (χ1n) is 13.5. The number of nitrogens with one attached hydrogen (secondary N) is 3. The Balaban J connectivity index is 2.50. The number of rotatable bonds is 9. The lowest BCUT2D eigenvalue weighted by Crippen LogP contribution is -2.57. The molecule has 0 aromatic heterocycles. The van der Waals surface area contributed by atoms with Crippen LogP contribution in [0.2, 0.25) is 0 Å². The lowest BCUT2D eigenvalue weighted by Gasteiger charge is -2.33. The summed E-state index contributed by atoms with van der Waals surface area (Å²) in [6.07, 6.45) is -1.97. The zero-order chi connectivity index (χ0) is 31.4. The number of carbonyl (C=O) groups is 6. The first-order valence-corrected chi connectivity index (χ1v) is 13.5. The first kappa shape index (κ1) is 33.5. The highest BCUT2D eigenvalue weighted by Gasteiger charge is 2.38. The minimum Gasteiger partial charge on any atom is -0.481 e. The number of carboxylic acids is 1. The minimum absolute atomic E-state index is 0.0800. The molecular weight excluding hydrogens is 550 g/mol. The second-order valence-electron chi connectivity index (χ2n) is 10.2. The molecule has 15 nitrogen and oxygen atoms in total. The van der Waals surface area contributed by atoms with Gasteiger partial charge in [0.25, 0.3) is 5.91 Å². The van der Waals surface area contributed by atoms with Gasteiger partial charge in [0.15, 0.2) is 12.1 Å². The summed E-state index contributed by atoms with van der Waals surface area (Å²) in [7, 11) is 1.38. The van der Waals surface area contributed by atoms with Gasteiger partial charge in [0.1, 0.15) is 18.1 Å². The number of benzene rings is 1. The summed E-state index contributed by atoms with van der Waals surface area (Å²) in [5, 5.41) is 16.6. The summed E-state index contributed by atoms with van der Waals surface area (Å²) in [5.74, 6) is -6.10. The van der Waals surface area contributed by atoms with Crippen molar-refractivity contribution >= 4 is 41.5 Å². The number of esters is 1. The van der Waals surface area contributed by atoms with Crippen LogP contribution in [0.15, 0.2) is 35.3 Å². The maximum Gasteiger partial charge on any atom is 0.330 e. The summed E-state index contributed by atoms with van der Waals surface area (Å²) in [6.45, 7) is 2.97. The van der Waals surface area contributed by atoms with Gasteiger partial charge in [-0.25, -0.2) is 4.79 Å². The van der Waals surface area contributed by atoms with E-state index in [0.29, 0.717) is 12.0 Å². The van der Waals surface area contributed by atoms with Crippen LogP contribution in [-0.2, 0) is 39.9 Å². The molecule has 15 heteroatoms. The molecule has 1 aliphatic rings. The average Bonchev–Trinajstić information content (AvgIpc) is 2.91. The van der Waals surface area contributed by atoms with Crippen molar-refractivity contribution in [3.63, 3.8) is 0 Å². The predicted molar refractivity (Wildman–Crippen MR) is 150 cm³/mol. The molecule has 0 radical (unpaired) electrons. The number of hydrogen-bond acceptors (Lipinski definition) is 8. The molecule has 1 aromatic carbocycles. The number of guanidine groups is 1. The molecule has 4 amide bonds. The van der Waals surface area contributed by atoms with E-state index in [0.717, 1.165) is 4.90 Å². The molecule has 0 spiro atoms. The Morgan fingerprint density at radius 1 is 1.07 bits per heavy atom. The van der Waals surface area contributed by atoms with Crippen molar-refractivity contribution in [3.8, 4) is 0 Å². The van der Waals surface area contributed by atoms with Crippen molar-refractivity contribution in [2.45, 2.75) is 63.8 Å². The van der Waals surface area contributed by atoms with E-state index in [1.165, 1.54) is 7.05 Å². The molecule has 0 aliphatic carbocycles. The van der Waals surface area contributed by atoms with Crippen LogP contribution in [0.25, 0.3) is 0 Å². The number of aliphatic carboxylic acids is 1. The topological polar surface area (TPSA) is 236 Å². The molecule has 4 atom stereocenters. The van der Waals surface area contributed by atoms with Crippen molar-refractivity contribution in [1.82, 2.24) is 20.9 Å². The van der Waals surface area contributed by atoms with Crippen LogP contribution in [0, 0.1) is 5.92 Å². The van der Waals surface area contributed by atoms with Crippen molar-refractivity contribution in [2.24, 2.45) is 22.4 Å². The van der Waals surface area contributed by atoms with Gasteiger partial charge < -0.3 is 42.2 Å². The summed E-state index contributed by atoms with van der Waals surface area (Å²) >= 11 is 0. The number of cyclic esters (lactones) is 1. The first-order chi connectivity index (χ1) is 19.8. The van der Waals surface area contributed by atoms with E-state index in [4.69, 9.17) is 16.2 Å². The molecule has 1 fully saturated rings. The Morgan fingerprint density at radius 3 is 2.33 bits per heavy atom. The number of nitrogens with zero attached hydrogens (tertiary/aromatic N) is 2. The minimum atomic E-state index is -1.65. The maximum absolute atomic E-state index is 13.8. The van der Waals surface area contributed by atoms with Crippen LogP contribution in [-0.4, -0.2) is 95.9 Å². The normalized spacial score (nSPS) is 22.7. The van der Waals surface area contributed by atoms with Gasteiger partial charge in [0.2, 0.25) is 17.7 Å². The van der Waals surface area contributed by atoms with E-state index >= 15 is 0 Å². The largest absolute Gasteiger partial charge is 0.481 e. The molecule has 1 aromatic rings. The van der Waals surface area contributed by atoms with Crippen LogP contribution < -0.4 is 27.4 Å². The number of carboxylic acid groups (broad SMARTS) is 1. The summed E-state index contributed by atoms with van der Waals surface area (Å²) in [5.41, 5.74) is 11.3. The number of likely N-dealkylation sites (N-methyl/N-ethyl adjacent to an activating group) is 1. The highest BCUT2D eigenvalue weighted by atomic mass is 16.5. The molecule has 1 heterocycles. The highest BCUT2D eigenvalue weighted by molar-refractivity contribution is 5.96. The van der Waals surface area contributed by atoms with E-state index in [2.05, 4.69) is 20.9 Å². The molecule has 8 N–H and O–H groups in total. The van der Waals surface area contributed by atoms with Crippen LogP contribution >= 0.6 is 0 Å². The lowest BCUT2D eigenvalue weighted by atomic mass is 9.99. The van der Waals surface area contributed by atoms with E-state index in [9.17, 15) is 33.9 Å². The smallest absolute Gasteiger partial charge is 0.330 e. The van der Waals surface area contributed by atoms with Crippen molar-refractivity contribution in [3.05, 3.63) is 35.9 Å². The fraction of sp³-hybridized carbons (Fsp3) is 0.519. The number of amides is 4. The third kappa shape index (κ3) is 10.4. The van der Waals surface area contributed by atoms with Crippen LogP contribution in [0.1, 0.15) is 38.7 Å². The number of nitrogens with two attached hydrogens (primary N) is 2. The number of aliphatic imine (C=N–C) groups is 1. The van der Waals surface area contributed by atoms with Gasteiger partial charge in [0, 0.05) is 20.0 Å². The van der Waals surface area contributed by atoms with Gasteiger partial charge in [-0.3, -0.25) is 29.0 Å². The van der Waals surface area contributed by atoms with Gasteiger partial charge in [-0.15, -0.1) is 0 Å².